The average Bonchev–Trinajstić information content (AvgIpc) is 2.89. The topological polar surface area (TPSA) is 55.4 Å². The van der Waals surface area contributed by atoms with Crippen molar-refractivity contribution in [2.75, 3.05) is 6.54 Å². The van der Waals surface area contributed by atoms with Crippen molar-refractivity contribution in [3.63, 3.8) is 0 Å². The Morgan fingerprint density at radius 2 is 2.35 bits per heavy atom. The summed E-state index contributed by atoms with van der Waals surface area (Å²) in [4.78, 5) is 24.0. The van der Waals surface area contributed by atoms with Crippen molar-refractivity contribution in [2.24, 2.45) is 23.7 Å². The summed E-state index contributed by atoms with van der Waals surface area (Å²) in [6.07, 6.45) is 2.55. The second-order valence-electron chi connectivity index (χ2n) is 4.99. The minimum atomic E-state index is -0.226. The predicted molar refractivity (Wildman–Crippen MR) is 64.4 cm³/mol. The van der Waals surface area contributed by atoms with Gasteiger partial charge in [-0.25, -0.2) is 0 Å². The van der Waals surface area contributed by atoms with Gasteiger partial charge in [0.2, 0.25) is 5.91 Å². The summed E-state index contributed by atoms with van der Waals surface area (Å²) in [5, 5.41) is 2.80. The summed E-state index contributed by atoms with van der Waals surface area (Å²) in [5.74, 6) is -0.214. The van der Waals surface area contributed by atoms with Gasteiger partial charge in [-0.15, -0.1) is 6.58 Å². The second-order valence-corrected chi connectivity index (χ2v) is 6.05. The number of carbonyl (C=O) groups excluding carboxylic acids is 2. The van der Waals surface area contributed by atoms with Crippen molar-refractivity contribution in [1.29, 1.82) is 0 Å². The van der Waals surface area contributed by atoms with Crippen LogP contribution in [-0.2, 0) is 14.3 Å². The quantitative estimate of drug-likeness (QED) is 0.478. The fourth-order valence-corrected chi connectivity index (χ4v) is 4.67. The molecule has 0 unspecified atom stereocenters. The van der Waals surface area contributed by atoms with E-state index in [1.807, 2.05) is 0 Å². The highest BCUT2D eigenvalue weighted by atomic mass is 79.9. The SMILES string of the molecule is C=CCNC(=O)[C@H]1[C@H]2C[C@@H]3[C@H](OC(=O)[C@@H]31)[C@@H]2Br. The highest BCUT2D eigenvalue weighted by Gasteiger charge is 2.67. The first-order valence-electron chi connectivity index (χ1n) is 5.88. The Labute approximate surface area is 108 Å². The van der Waals surface area contributed by atoms with Crippen molar-refractivity contribution >= 4 is 27.8 Å². The molecule has 2 saturated carbocycles. The van der Waals surface area contributed by atoms with E-state index in [4.69, 9.17) is 4.74 Å². The summed E-state index contributed by atoms with van der Waals surface area (Å²) >= 11 is 3.58. The van der Waals surface area contributed by atoms with Gasteiger partial charge >= 0.3 is 5.97 Å². The molecule has 3 rings (SSSR count). The predicted octanol–water partition coefficient (Wildman–Crippen LogP) is 0.860. The van der Waals surface area contributed by atoms with Crippen LogP contribution in [0.25, 0.3) is 0 Å². The van der Waals surface area contributed by atoms with Gasteiger partial charge in [-0.2, -0.15) is 0 Å². The number of nitrogens with one attached hydrogen (secondary N) is 1. The molecule has 0 radical (unpaired) electrons. The third-order valence-electron chi connectivity index (χ3n) is 4.25. The van der Waals surface area contributed by atoms with Crippen LogP contribution in [0, 0.1) is 23.7 Å². The zero-order valence-corrected chi connectivity index (χ0v) is 10.9. The van der Waals surface area contributed by atoms with Gasteiger partial charge in [-0.3, -0.25) is 9.59 Å². The van der Waals surface area contributed by atoms with E-state index in [0.717, 1.165) is 6.42 Å². The average molecular weight is 300 g/mol. The minimum Gasteiger partial charge on any atom is -0.461 e. The molecule has 1 saturated heterocycles. The molecular weight excluding hydrogens is 286 g/mol. The summed E-state index contributed by atoms with van der Waals surface area (Å²) < 4.78 is 5.35. The lowest BCUT2D eigenvalue weighted by molar-refractivity contribution is -0.145. The number of hydrogen-bond donors (Lipinski definition) is 1. The van der Waals surface area contributed by atoms with Gasteiger partial charge in [0.05, 0.1) is 16.7 Å². The number of fused-ring (bicyclic) bond motifs is 1. The Morgan fingerprint density at radius 1 is 1.59 bits per heavy atom. The molecule has 1 N–H and O–H groups in total. The molecule has 17 heavy (non-hydrogen) atoms. The lowest BCUT2D eigenvalue weighted by Crippen LogP contribution is -2.43. The van der Waals surface area contributed by atoms with Crippen molar-refractivity contribution in [1.82, 2.24) is 5.32 Å². The first-order chi connectivity index (χ1) is 8.15. The molecular formula is C12H14BrNO3. The van der Waals surface area contributed by atoms with Crippen LogP contribution in [0.3, 0.4) is 0 Å². The highest BCUT2D eigenvalue weighted by molar-refractivity contribution is 9.09. The van der Waals surface area contributed by atoms with Gasteiger partial charge in [0.15, 0.2) is 0 Å². The van der Waals surface area contributed by atoms with E-state index in [1.54, 1.807) is 6.08 Å². The van der Waals surface area contributed by atoms with E-state index in [9.17, 15) is 9.59 Å². The third-order valence-corrected chi connectivity index (χ3v) is 5.45. The number of carbonyl (C=O) groups is 2. The lowest BCUT2D eigenvalue weighted by Gasteiger charge is -2.27. The van der Waals surface area contributed by atoms with Crippen molar-refractivity contribution < 1.29 is 14.3 Å². The monoisotopic (exact) mass is 299 g/mol. The molecule has 5 heteroatoms. The summed E-state index contributed by atoms with van der Waals surface area (Å²) in [6, 6.07) is 0. The Bertz CT molecular complexity index is 397. The Morgan fingerprint density at radius 3 is 3.06 bits per heavy atom. The zero-order chi connectivity index (χ0) is 12.2. The fourth-order valence-electron chi connectivity index (χ4n) is 3.62. The third kappa shape index (κ3) is 1.41. The van der Waals surface area contributed by atoms with Gasteiger partial charge in [0, 0.05) is 12.5 Å². The molecule has 0 aromatic heterocycles. The second kappa shape index (κ2) is 3.83. The van der Waals surface area contributed by atoms with Gasteiger partial charge in [0.25, 0.3) is 0 Å². The number of hydrogen-bond acceptors (Lipinski definition) is 3. The number of amides is 1. The van der Waals surface area contributed by atoms with Crippen LogP contribution < -0.4 is 5.32 Å². The zero-order valence-electron chi connectivity index (χ0n) is 9.27. The van der Waals surface area contributed by atoms with Crippen LogP contribution in [-0.4, -0.2) is 29.4 Å². The van der Waals surface area contributed by atoms with Crippen molar-refractivity contribution in [3.8, 4) is 0 Å². The van der Waals surface area contributed by atoms with Crippen LogP contribution in [0.15, 0.2) is 12.7 Å². The fraction of sp³-hybridized carbons (Fsp3) is 0.667. The van der Waals surface area contributed by atoms with Crippen molar-refractivity contribution in [2.45, 2.75) is 17.4 Å². The largest absolute Gasteiger partial charge is 0.461 e. The van der Waals surface area contributed by atoms with Crippen molar-refractivity contribution in [3.05, 3.63) is 12.7 Å². The maximum atomic E-state index is 12.1. The molecule has 92 valence electrons. The first-order valence-corrected chi connectivity index (χ1v) is 6.80. The van der Waals surface area contributed by atoms with E-state index in [0.29, 0.717) is 6.54 Å². The lowest BCUT2D eigenvalue weighted by atomic mass is 9.79. The Kier molecular flexibility index (Phi) is 2.54. The number of ether oxygens (including phenoxy) is 1. The molecule has 1 aliphatic heterocycles. The summed E-state index contributed by atoms with van der Waals surface area (Å²) in [6.45, 7) is 4.02. The van der Waals surface area contributed by atoms with E-state index in [1.165, 1.54) is 0 Å². The van der Waals surface area contributed by atoms with Gasteiger partial charge in [0.1, 0.15) is 6.10 Å². The van der Waals surface area contributed by atoms with Gasteiger partial charge in [-0.1, -0.05) is 22.0 Å². The van der Waals surface area contributed by atoms with Crippen LogP contribution >= 0.6 is 15.9 Å². The molecule has 3 aliphatic rings. The molecule has 2 bridgehead atoms. The molecule has 1 amide bonds. The normalized spacial score (nSPS) is 45.8. The smallest absolute Gasteiger partial charge is 0.310 e. The van der Waals surface area contributed by atoms with E-state index >= 15 is 0 Å². The molecule has 0 spiro atoms. The van der Waals surface area contributed by atoms with Crippen LogP contribution in [0.2, 0.25) is 0 Å². The highest BCUT2D eigenvalue weighted by Crippen LogP contribution is 2.59. The first kappa shape index (κ1) is 11.3. The number of esters is 1. The van der Waals surface area contributed by atoms with Crippen LogP contribution in [0.1, 0.15) is 6.42 Å². The number of alkyl halides is 1. The minimum absolute atomic E-state index is 0.0130. The maximum absolute atomic E-state index is 12.1. The molecule has 1 heterocycles. The number of rotatable bonds is 3. The maximum Gasteiger partial charge on any atom is 0.310 e. The standard InChI is InChI=1S/C12H14BrNO3/c1-2-3-14-11(15)7-5-4-6-8(7)12(16)17-10(6)9(5)13/h2,5-10H,1,3-4H2,(H,14,15)/t5-,6+,7+,8+,9-,10+/m1/s1. The molecule has 2 aliphatic carbocycles. The Hall–Kier alpha value is -0.840. The molecule has 6 atom stereocenters. The van der Waals surface area contributed by atoms with E-state index in [2.05, 4.69) is 27.8 Å². The molecule has 0 aromatic carbocycles. The van der Waals surface area contributed by atoms with Gasteiger partial charge < -0.3 is 10.1 Å². The van der Waals surface area contributed by atoms with E-state index < -0.39 is 0 Å². The number of halogens is 1. The Balaban J connectivity index is 1.84. The summed E-state index contributed by atoms with van der Waals surface area (Å²) in [5.41, 5.74) is 0. The van der Waals surface area contributed by atoms with E-state index in [-0.39, 0.29) is 46.5 Å². The molecule has 0 aromatic rings. The summed E-state index contributed by atoms with van der Waals surface area (Å²) in [7, 11) is 0. The van der Waals surface area contributed by atoms with Gasteiger partial charge in [-0.05, 0) is 12.3 Å². The molecule has 3 fully saturated rings. The van der Waals surface area contributed by atoms with Crippen LogP contribution in [0.5, 0.6) is 0 Å². The van der Waals surface area contributed by atoms with Crippen LogP contribution in [0.4, 0.5) is 0 Å². The molecule has 4 nitrogen and oxygen atoms in total.